The molecular weight excluding hydrogens is 436 g/mol. The number of aromatic nitrogens is 3. The molecule has 0 spiro atoms. The number of amides is 1. The van der Waals surface area contributed by atoms with Gasteiger partial charge in [-0.3, -0.25) is 4.90 Å². The van der Waals surface area contributed by atoms with Crippen LogP contribution in [0, 0.1) is 0 Å². The van der Waals surface area contributed by atoms with Gasteiger partial charge in [-0.2, -0.15) is 4.37 Å². The van der Waals surface area contributed by atoms with Crippen molar-refractivity contribution in [2.24, 2.45) is 0 Å². The van der Waals surface area contributed by atoms with E-state index in [1.165, 1.54) is 16.4 Å². The standard InChI is InChI=1S/C21H24N4O2S3/c1-5-7-15-17(24-10-9-22-13-24)16-18(29-15)19(30-23-16)25(12-14-8-6-11-28-14)20(26)27-21(2,3)4/h6,8-11,13H,5,7,12H2,1-4H3. The molecule has 30 heavy (non-hydrogen) atoms. The maximum Gasteiger partial charge on any atom is 0.415 e. The molecule has 4 rings (SSSR count). The smallest absolute Gasteiger partial charge is 0.415 e. The van der Waals surface area contributed by atoms with Gasteiger partial charge in [0.25, 0.3) is 0 Å². The quantitative estimate of drug-likeness (QED) is 0.329. The van der Waals surface area contributed by atoms with E-state index in [9.17, 15) is 4.79 Å². The molecule has 0 atom stereocenters. The number of carbonyl (C=O) groups is 1. The van der Waals surface area contributed by atoms with Gasteiger partial charge in [0, 0.05) is 22.1 Å². The van der Waals surface area contributed by atoms with E-state index in [1.54, 1.807) is 40.1 Å². The number of hydrogen-bond acceptors (Lipinski definition) is 7. The van der Waals surface area contributed by atoms with Crippen molar-refractivity contribution in [1.82, 2.24) is 13.9 Å². The lowest BCUT2D eigenvalue weighted by molar-refractivity contribution is 0.0579. The van der Waals surface area contributed by atoms with Crippen LogP contribution in [0.3, 0.4) is 0 Å². The number of fused-ring (bicyclic) bond motifs is 1. The van der Waals surface area contributed by atoms with E-state index in [0.717, 1.165) is 38.6 Å². The summed E-state index contributed by atoms with van der Waals surface area (Å²) in [5, 5.41) is 2.85. The van der Waals surface area contributed by atoms with Crippen molar-refractivity contribution in [2.45, 2.75) is 52.7 Å². The predicted molar refractivity (Wildman–Crippen MR) is 125 cm³/mol. The average molecular weight is 461 g/mol. The van der Waals surface area contributed by atoms with Crippen molar-refractivity contribution in [3.63, 3.8) is 0 Å². The third-order valence-electron chi connectivity index (χ3n) is 4.34. The first-order valence-corrected chi connectivity index (χ1v) is 12.3. The summed E-state index contributed by atoms with van der Waals surface area (Å²) in [4.78, 5) is 21.4. The monoisotopic (exact) mass is 460 g/mol. The van der Waals surface area contributed by atoms with Crippen LogP contribution in [0.1, 0.15) is 43.9 Å². The average Bonchev–Trinajstić information content (AvgIpc) is 3.44. The van der Waals surface area contributed by atoms with Crippen LogP contribution in [-0.4, -0.2) is 25.6 Å². The molecule has 158 valence electrons. The Hall–Kier alpha value is -2.23. The molecule has 1 amide bonds. The lowest BCUT2D eigenvalue weighted by Crippen LogP contribution is -2.36. The first-order valence-electron chi connectivity index (χ1n) is 9.79. The Bertz CT molecular complexity index is 1120. The fourth-order valence-corrected chi connectivity index (χ4v) is 6.19. The number of carbonyl (C=O) groups excluding carboxylic acids is 1. The summed E-state index contributed by atoms with van der Waals surface area (Å²) in [6.45, 7) is 8.29. The molecular formula is C21H24N4O2S3. The zero-order valence-electron chi connectivity index (χ0n) is 17.4. The minimum atomic E-state index is -0.570. The molecule has 9 heteroatoms. The third-order valence-corrected chi connectivity index (χ3v) is 7.44. The molecule has 0 aromatic carbocycles. The Morgan fingerprint density at radius 2 is 2.17 bits per heavy atom. The number of anilines is 1. The summed E-state index contributed by atoms with van der Waals surface area (Å²) in [5.41, 5.74) is 1.41. The molecule has 0 aliphatic carbocycles. The second kappa shape index (κ2) is 8.49. The summed E-state index contributed by atoms with van der Waals surface area (Å²) >= 11 is 4.69. The Morgan fingerprint density at radius 3 is 2.80 bits per heavy atom. The molecule has 0 saturated carbocycles. The van der Waals surface area contributed by atoms with E-state index in [2.05, 4.69) is 11.9 Å². The van der Waals surface area contributed by atoms with Crippen LogP contribution in [0.5, 0.6) is 0 Å². The Balaban J connectivity index is 1.81. The number of imidazole rings is 1. The Morgan fingerprint density at radius 1 is 1.33 bits per heavy atom. The van der Waals surface area contributed by atoms with Crippen LogP contribution in [0.2, 0.25) is 0 Å². The highest BCUT2D eigenvalue weighted by Gasteiger charge is 2.29. The highest BCUT2D eigenvalue weighted by Crippen LogP contribution is 2.43. The fourth-order valence-electron chi connectivity index (χ4n) is 3.14. The number of ether oxygens (including phenoxy) is 1. The first-order chi connectivity index (χ1) is 14.4. The first kappa shape index (κ1) is 21.0. The van der Waals surface area contributed by atoms with Gasteiger partial charge in [-0.15, -0.1) is 22.7 Å². The molecule has 0 aliphatic rings. The summed E-state index contributed by atoms with van der Waals surface area (Å²) in [6.07, 6.45) is 7.16. The lowest BCUT2D eigenvalue weighted by Gasteiger charge is -2.26. The van der Waals surface area contributed by atoms with Crippen LogP contribution in [0.25, 0.3) is 15.9 Å². The minimum absolute atomic E-state index is 0.351. The lowest BCUT2D eigenvalue weighted by atomic mass is 10.2. The molecule has 0 aliphatic heterocycles. The van der Waals surface area contributed by atoms with Gasteiger partial charge in [-0.05, 0) is 50.2 Å². The second-order valence-electron chi connectivity index (χ2n) is 7.91. The predicted octanol–water partition coefficient (Wildman–Crippen LogP) is 6.50. The fraction of sp³-hybridized carbons (Fsp3) is 0.381. The highest BCUT2D eigenvalue weighted by atomic mass is 32.1. The zero-order chi connectivity index (χ0) is 21.3. The van der Waals surface area contributed by atoms with Crippen molar-refractivity contribution in [3.05, 3.63) is 46.0 Å². The zero-order valence-corrected chi connectivity index (χ0v) is 19.9. The molecule has 0 radical (unpaired) electrons. The van der Waals surface area contributed by atoms with E-state index in [-0.39, 0.29) is 6.09 Å². The topological polar surface area (TPSA) is 60.3 Å². The van der Waals surface area contributed by atoms with Crippen molar-refractivity contribution in [3.8, 4) is 5.69 Å². The van der Waals surface area contributed by atoms with E-state index in [4.69, 9.17) is 9.11 Å². The number of thiophene rings is 2. The van der Waals surface area contributed by atoms with Crippen LogP contribution in [0.15, 0.2) is 36.2 Å². The minimum Gasteiger partial charge on any atom is -0.443 e. The van der Waals surface area contributed by atoms with E-state index >= 15 is 0 Å². The maximum absolute atomic E-state index is 13.1. The molecule has 4 heterocycles. The number of rotatable bonds is 6. The largest absolute Gasteiger partial charge is 0.443 e. The molecule has 6 nitrogen and oxygen atoms in total. The molecule has 0 bridgehead atoms. The Labute approximate surface area is 187 Å². The van der Waals surface area contributed by atoms with Crippen LogP contribution in [-0.2, 0) is 17.7 Å². The van der Waals surface area contributed by atoms with Gasteiger partial charge in [0.1, 0.15) is 16.1 Å². The van der Waals surface area contributed by atoms with Gasteiger partial charge in [0.05, 0.1) is 23.3 Å². The number of aryl methyl sites for hydroxylation is 1. The van der Waals surface area contributed by atoms with Gasteiger partial charge in [0.15, 0.2) is 0 Å². The highest BCUT2D eigenvalue weighted by molar-refractivity contribution is 7.25. The summed E-state index contributed by atoms with van der Waals surface area (Å²) in [6, 6.07) is 4.03. The molecule has 0 unspecified atom stereocenters. The molecule has 0 N–H and O–H groups in total. The van der Waals surface area contributed by atoms with Crippen LogP contribution < -0.4 is 4.90 Å². The SMILES string of the molecule is CCCc1sc2c(N(Cc3cccs3)C(=O)OC(C)(C)C)snc2c1-n1ccnc1. The summed E-state index contributed by atoms with van der Waals surface area (Å²) in [5.74, 6) is 0. The van der Waals surface area contributed by atoms with Crippen LogP contribution >= 0.6 is 34.2 Å². The van der Waals surface area contributed by atoms with Crippen molar-refractivity contribution in [1.29, 1.82) is 0 Å². The van der Waals surface area contributed by atoms with Crippen molar-refractivity contribution in [2.75, 3.05) is 4.90 Å². The summed E-state index contributed by atoms with van der Waals surface area (Å²) < 4.78 is 13.5. The van der Waals surface area contributed by atoms with Gasteiger partial charge in [-0.1, -0.05) is 19.4 Å². The van der Waals surface area contributed by atoms with E-state index in [0.29, 0.717) is 6.54 Å². The van der Waals surface area contributed by atoms with Gasteiger partial charge < -0.3 is 9.30 Å². The molecule has 4 aromatic rings. The number of nitrogens with zero attached hydrogens (tertiary/aromatic N) is 4. The van der Waals surface area contributed by atoms with E-state index < -0.39 is 5.60 Å². The Kier molecular flexibility index (Phi) is 5.95. The number of hydrogen-bond donors (Lipinski definition) is 0. The molecule has 0 fully saturated rings. The second-order valence-corrected chi connectivity index (χ2v) is 10.8. The van der Waals surface area contributed by atoms with Gasteiger partial charge in [-0.25, -0.2) is 9.78 Å². The third kappa shape index (κ3) is 4.28. The van der Waals surface area contributed by atoms with Gasteiger partial charge >= 0.3 is 6.09 Å². The van der Waals surface area contributed by atoms with Crippen molar-refractivity contribution < 1.29 is 9.53 Å². The normalized spacial score (nSPS) is 11.9. The molecule has 4 aromatic heterocycles. The summed E-state index contributed by atoms with van der Waals surface area (Å²) in [7, 11) is 0. The van der Waals surface area contributed by atoms with Crippen molar-refractivity contribution >= 4 is 55.5 Å². The van der Waals surface area contributed by atoms with Crippen LogP contribution in [0.4, 0.5) is 9.80 Å². The van der Waals surface area contributed by atoms with Gasteiger partial charge in [0.2, 0.25) is 0 Å². The van der Waals surface area contributed by atoms with E-state index in [1.807, 2.05) is 49.0 Å². The maximum atomic E-state index is 13.1. The molecule has 0 saturated heterocycles.